The summed E-state index contributed by atoms with van der Waals surface area (Å²) in [6, 6.07) is 12.3. The number of rotatable bonds is 3. The van der Waals surface area contributed by atoms with E-state index in [9.17, 15) is 24.2 Å². The molecule has 2 heterocycles. The molecule has 0 saturated carbocycles. The van der Waals surface area contributed by atoms with Crippen molar-refractivity contribution in [2.45, 2.75) is 13.5 Å². The molecule has 0 bridgehead atoms. The van der Waals surface area contributed by atoms with Gasteiger partial charge >= 0.3 is 0 Å². The van der Waals surface area contributed by atoms with Crippen LogP contribution in [0.25, 0.3) is 5.69 Å². The molecule has 0 spiro atoms. The standard InChI is InChI=1S/C18H13ClFN3.C4H4O4/c1-11-21-9-13-10-22-18(14-4-2-3-5-16(14)20)15-8-12(19)6-7-17(15)23(11)13;5-3(6)1-2-4(7)8/h2-9H,10H2,1H3;1-2H,(H,5,6)(H,7,8)/p-2/b;2-1-. The summed E-state index contributed by atoms with van der Waals surface area (Å²) in [5, 5.41) is 19.4. The zero-order chi connectivity index (χ0) is 22.5. The molecule has 2 aromatic carbocycles. The Balaban J connectivity index is 0.000000293. The summed E-state index contributed by atoms with van der Waals surface area (Å²) in [4.78, 5) is 27.8. The first kappa shape index (κ1) is 21.9. The topological polar surface area (TPSA) is 110 Å². The van der Waals surface area contributed by atoms with E-state index in [0.717, 1.165) is 22.8 Å². The normalized spacial score (nSPS) is 12.2. The number of hydrogen-bond donors (Lipinski definition) is 0. The van der Waals surface area contributed by atoms with E-state index in [1.807, 2.05) is 42.0 Å². The molecule has 1 aliphatic heterocycles. The van der Waals surface area contributed by atoms with Gasteiger partial charge in [-0.1, -0.05) is 23.7 Å². The average Bonchev–Trinajstić information content (AvgIpc) is 3.00. The van der Waals surface area contributed by atoms with E-state index in [2.05, 4.69) is 9.98 Å². The molecule has 0 N–H and O–H groups in total. The highest BCUT2D eigenvalue weighted by Crippen LogP contribution is 2.29. The van der Waals surface area contributed by atoms with Crippen LogP contribution in [0.1, 0.15) is 22.6 Å². The molecule has 0 atom stereocenters. The lowest BCUT2D eigenvalue weighted by molar-refractivity contribution is -0.301. The van der Waals surface area contributed by atoms with Crippen LogP contribution in [0.3, 0.4) is 0 Å². The number of carbonyl (C=O) groups is 2. The maximum atomic E-state index is 14.3. The van der Waals surface area contributed by atoms with Crippen molar-refractivity contribution in [2.24, 2.45) is 4.99 Å². The molecule has 158 valence electrons. The van der Waals surface area contributed by atoms with Gasteiger partial charge < -0.3 is 19.8 Å². The lowest BCUT2D eigenvalue weighted by atomic mass is 10.00. The Kier molecular flexibility index (Phi) is 6.61. The van der Waals surface area contributed by atoms with Crippen molar-refractivity contribution in [1.82, 2.24) is 9.55 Å². The number of carbonyl (C=O) groups excluding carboxylic acids is 2. The van der Waals surface area contributed by atoms with Gasteiger partial charge in [0, 0.05) is 16.1 Å². The summed E-state index contributed by atoms with van der Waals surface area (Å²) in [5.41, 5.74) is 3.79. The molecular formula is C22H15ClFN3O4-2. The van der Waals surface area contributed by atoms with Crippen LogP contribution in [-0.2, 0) is 16.1 Å². The first-order chi connectivity index (χ1) is 14.8. The van der Waals surface area contributed by atoms with Crippen molar-refractivity contribution in [3.05, 3.63) is 94.3 Å². The van der Waals surface area contributed by atoms with Gasteiger partial charge in [0.15, 0.2) is 0 Å². The molecule has 1 aliphatic rings. The Morgan fingerprint density at radius 1 is 1.10 bits per heavy atom. The first-order valence-electron chi connectivity index (χ1n) is 9.01. The SMILES string of the molecule is Cc1ncc2n1-c1ccc(Cl)cc1C(c1ccccc1F)=NC2.O=C([O-])/C=C\C(=O)[O-]. The summed E-state index contributed by atoms with van der Waals surface area (Å²) in [6.45, 7) is 2.38. The Morgan fingerprint density at radius 2 is 1.77 bits per heavy atom. The Labute approximate surface area is 181 Å². The molecule has 9 heteroatoms. The van der Waals surface area contributed by atoms with Crippen LogP contribution in [0.15, 0.2) is 65.8 Å². The molecule has 0 unspecified atom stereocenters. The fraction of sp³-hybridized carbons (Fsp3) is 0.0909. The number of benzene rings is 2. The number of aromatic nitrogens is 2. The monoisotopic (exact) mass is 439 g/mol. The van der Waals surface area contributed by atoms with Crippen molar-refractivity contribution < 1.29 is 24.2 Å². The lowest BCUT2D eigenvalue weighted by Crippen LogP contribution is -2.23. The number of aryl methyl sites for hydroxylation is 1. The van der Waals surface area contributed by atoms with Crippen molar-refractivity contribution in [2.75, 3.05) is 0 Å². The highest BCUT2D eigenvalue weighted by Gasteiger charge is 2.22. The van der Waals surface area contributed by atoms with E-state index in [0.29, 0.717) is 35.0 Å². The molecule has 0 saturated heterocycles. The molecule has 31 heavy (non-hydrogen) atoms. The van der Waals surface area contributed by atoms with E-state index in [-0.39, 0.29) is 5.82 Å². The van der Waals surface area contributed by atoms with E-state index >= 15 is 0 Å². The fourth-order valence-electron chi connectivity index (χ4n) is 3.09. The highest BCUT2D eigenvalue weighted by molar-refractivity contribution is 6.31. The molecule has 0 radical (unpaired) electrons. The van der Waals surface area contributed by atoms with Gasteiger partial charge in [-0.05, 0) is 49.4 Å². The Morgan fingerprint density at radius 3 is 2.42 bits per heavy atom. The zero-order valence-electron chi connectivity index (χ0n) is 16.2. The molecule has 0 fully saturated rings. The third-order valence-electron chi connectivity index (χ3n) is 4.35. The number of aliphatic carboxylic acids is 2. The molecule has 0 amide bonds. The average molecular weight is 440 g/mol. The van der Waals surface area contributed by atoms with Crippen LogP contribution in [0.5, 0.6) is 0 Å². The van der Waals surface area contributed by atoms with Crippen LogP contribution in [0, 0.1) is 12.7 Å². The van der Waals surface area contributed by atoms with Crippen molar-refractivity contribution in [3.63, 3.8) is 0 Å². The lowest BCUT2D eigenvalue weighted by Gasteiger charge is -2.14. The van der Waals surface area contributed by atoms with Crippen molar-refractivity contribution in [1.29, 1.82) is 0 Å². The quantitative estimate of drug-likeness (QED) is 0.572. The van der Waals surface area contributed by atoms with Gasteiger partial charge in [-0.15, -0.1) is 0 Å². The Bertz CT molecular complexity index is 1200. The number of halogens is 2. The van der Waals surface area contributed by atoms with Crippen LogP contribution in [0.4, 0.5) is 4.39 Å². The van der Waals surface area contributed by atoms with Gasteiger partial charge in [-0.3, -0.25) is 9.56 Å². The van der Waals surface area contributed by atoms with Gasteiger partial charge in [0.25, 0.3) is 0 Å². The van der Waals surface area contributed by atoms with E-state index in [1.165, 1.54) is 6.07 Å². The van der Waals surface area contributed by atoms with E-state index < -0.39 is 11.9 Å². The third kappa shape index (κ3) is 5.04. The second kappa shape index (κ2) is 9.36. The van der Waals surface area contributed by atoms with E-state index in [4.69, 9.17) is 11.6 Å². The van der Waals surface area contributed by atoms with Crippen molar-refractivity contribution in [3.8, 4) is 5.69 Å². The third-order valence-corrected chi connectivity index (χ3v) is 4.58. The minimum absolute atomic E-state index is 0.293. The van der Waals surface area contributed by atoms with Crippen LogP contribution in [-0.4, -0.2) is 27.2 Å². The zero-order valence-corrected chi connectivity index (χ0v) is 17.0. The predicted octanol–water partition coefficient (Wildman–Crippen LogP) is 1.37. The van der Waals surface area contributed by atoms with Crippen LogP contribution in [0.2, 0.25) is 5.02 Å². The number of carboxylic acid groups (broad SMARTS) is 2. The molecular weight excluding hydrogens is 425 g/mol. The number of nitrogens with zero attached hydrogens (tertiary/aromatic N) is 3. The highest BCUT2D eigenvalue weighted by atomic mass is 35.5. The summed E-state index contributed by atoms with van der Waals surface area (Å²) >= 11 is 6.19. The maximum absolute atomic E-state index is 14.3. The van der Waals surface area contributed by atoms with Crippen LogP contribution >= 0.6 is 11.6 Å². The smallest absolute Gasteiger partial charge is 0.132 e. The van der Waals surface area contributed by atoms with Gasteiger partial charge in [0.05, 0.1) is 41.8 Å². The summed E-state index contributed by atoms with van der Waals surface area (Å²) in [7, 11) is 0. The minimum atomic E-state index is -1.55. The molecule has 0 aliphatic carbocycles. The number of fused-ring (bicyclic) bond motifs is 3. The fourth-order valence-corrected chi connectivity index (χ4v) is 3.26. The number of aliphatic imine (C=N–C) groups is 1. The molecule has 4 rings (SSSR count). The minimum Gasteiger partial charge on any atom is -0.545 e. The second-order valence-electron chi connectivity index (χ2n) is 6.41. The number of imidazole rings is 1. The summed E-state index contributed by atoms with van der Waals surface area (Å²) < 4.78 is 16.3. The molecule has 1 aromatic heterocycles. The Hall–Kier alpha value is -3.78. The number of carboxylic acids is 2. The first-order valence-corrected chi connectivity index (χ1v) is 9.38. The van der Waals surface area contributed by atoms with E-state index in [1.54, 1.807) is 12.1 Å². The van der Waals surface area contributed by atoms with Gasteiger partial charge in [0.2, 0.25) is 0 Å². The van der Waals surface area contributed by atoms with Crippen molar-refractivity contribution >= 4 is 29.3 Å². The maximum Gasteiger partial charge on any atom is 0.132 e. The number of hydrogen-bond acceptors (Lipinski definition) is 6. The largest absolute Gasteiger partial charge is 0.545 e. The molecule has 7 nitrogen and oxygen atoms in total. The molecule has 3 aromatic rings. The predicted molar refractivity (Wildman–Crippen MR) is 108 cm³/mol. The van der Waals surface area contributed by atoms with Crippen LogP contribution < -0.4 is 10.2 Å². The second-order valence-corrected chi connectivity index (χ2v) is 6.85. The van der Waals surface area contributed by atoms with Gasteiger partial charge in [0.1, 0.15) is 11.6 Å². The summed E-state index contributed by atoms with van der Waals surface area (Å²) in [6.07, 6.45) is 2.58. The van der Waals surface area contributed by atoms with Gasteiger partial charge in [-0.25, -0.2) is 9.37 Å². The summed E-state index contributed by atoms with van der Waals surface area (Å²) in [5.74, 6) is -2.52. The van der Waals surface area contributed by atoms with Gasteiger partial charge in [-0.2, -0.15) is 0 Å².